The van der Waals surface area contributed by atoms with Gasteiger partial charge in [-0.05, 0) is 73.7 Å². The van der Waals surface area contributed by atoms with Crippen molar-refractivity contribution < 1.29 is 14.3 Å². The number of allylic oxidation sites excluding steroid dienone is 1. The average molecular weight is 677 g/mol. The number of hydrogen-bond acceptors (Lipinski definition) is 5. The first-order valence-corrected chi connectivity index (χ1v) is 15.0. The molecular weight excluding hydrogens is 638 g/mol. The fourth-order valence-electron chi connectivity index (χ4n) is 4.99. The zero-order valence-corrected chi connectivity index (χ0v) is 28.1. The summed E-state index contributed by atoms with van der Waals surface area (Å²) in [7, 11) is 0. The van der Waals surface area contributed by atoms with Gasteiger partial charge in [0, 0.05) is 44.9 Å². The van der Waals surface area contributed by atoms with E-state index in [0.717, 1.165) is 41.9 Å². The third kappa shape index (κ3) is 8.94. The van der Waals surface area contributed by atoms with E-state index in [-0.39, 0.29) is 22.9 Å². The van der Waals surface area contributed by atoms with Gasteiger partial charge in [0.25, 0.3) is 0 Å². The summed E-state index contributed by atoms with van der Waals surface area (Å²) in [5, 5.41) is 0.460. The summed E-state index contributed by atoms with van der Waals surface area (Å²) in [5.41, 5.74) is 7.47. The summed E-state index contributed by atoms with van der Waals surface area (Å²) in [4.78, 5) is 21.8. The summed E-state index contributed by atoms with van der Waals surface area (Å²) in [6, 6.07) is 24.3. The number of pyridine rings is 1. The van der Waals surface area contributed by atoms with Crippen LogP contribution in [-0.2, 0) is 17.9 Å². The number of benzene rings is 3. The largest absolute Gasteiger partial charge is 0.487 e. The van der Waals surface area contributed by atoms with Crippen molar-refractivity contribution in [2.75, 3.05) is 26.2 Å². The molecule has 0 saturated carbocycles. The van der Waals surface area contributed by atoms with Gasteiger partial charge in [-0.1, -0.05) is 71.3 Å². The molecule has 1 aliphatic heterocycles. The minimum Gasteiger partial charge on any atom is -0.487 e. The van der Waals surface area contributed by atoms with Gasteiger partial charge in [0.2, 0.25) is 11.8 Å². The molecule has 2 heterocycles. The van der Waals surface area contributed by atoms with Crippen molar-refractivity contribution in [3.8, 4) is 17.4 Å². The number of carbonyl (C=O) groups is 1. The quantitative estimate of drug-likeness (QED) is 0.167. The van der Waals surface area contributed by atoms with Crippen LogP contribution in [0.1, 0.15) is 40.3 Å². The minimum absolute atomic E-state index is 0. The Hall–Kier alpha value is -3.65. The van der Waals surface area contributed by atoms with Gasteiger partial charge >= 0.3 is 0 Å². The number of carbonyl (C=O) groups excluding carboxylic acids is 1. The zero-order valence-electron chi connectivity index (χ0n) is 25.7. The second-order valence-electron chi connectivity index (χ2n) is 11.2. The lowest BCUT2D eigenvalue weighted by Crippen LogP contribution is -2.47. The molecule has 3 aromatic carbocycles. The number of ether oxygens (including phenoxy) is 2. The Morgan fingerprint density at radius 1 is 0.886 bits per heavy atom. The molecule has 4 aromatic rings. The fourth-order valence-corrected chi connectivity index (χ4v) is 5.30. The highest BCUT2D eigenvalue weighted by molar-refractivity contribution is 8.93. The van der Waals surface area contributed by atoms with Crippen LogP contribution in [0.15, 0.2) is 85.1 Å². The van der Waals surface area contributed by atoms with Crippen molar-refractivity contribution in [3.05, 3.63) is 123 Å². The van der Waals surface area contributed by atoms with Crippen LogP contribution in [0.4, 0.5) is 0 Å². The van der Waals surface area contributed by atoms with Gasteiger partial charge in [-0.15, -0.1) is 17.0 Å². The maximum Gasteiger partial charge on any atom is 0.246 e. The first-order valence-electron chi connectivity index (χ1n) is 14.6. The molecular formula is C36H39BrClN3O3. The number of amides is 1. The minimum atomic E-state index is 0. The molecule has 0 atom stereocenters. The Kier molecular flexibility index (Phi) is 11.6. The van der Waals surface area contributed by atoms with Crippen LogP contribution in [-0.4, -0.2) is 46.9 Å². The molecule has 5 rings (SSSR count). The summed E-state index contributed by atoms with van der Waals surface area (Å²) in [6.07, 6.45) is 3.35. The molecule has 0 spiro atoms. The molecule has 1 amide bonds. The number of halogens is 2. The second-order valence-corrected chi connectivity index (χ2v) is 11.6. The van der Waals surface area contributed by atoms with E-state index in [9.17, 15) is 4.79 Å². The number of nitrogens with zero attached hydrogens (tertiary/aromatic N) is 3. The number of aryl methyl sites for hydroxylation is 3. The Morgan fingerprint density at radius 3 is 2.11 bits per heavy atom. The summed E-state index contributed by atoms with van der Waals surface area (Å²) >= 11 is 6.66. The van der Waals surface area contributed by atoms with E-state index < -0.39 is 0 Å². The number of aromatic nitrogens is 1. The highest BCUT2D eigenvalue weighted by Gasteiger charge is 2.20. The third-order valence-electron chi connectivity index (χ3n) is 7.68. The Bertz CT molecular complexity index is 1560. The lowest BCUT2D eigenvalue weighted by molar-refractivity contribution is -0.127. The lowest BCUT2D eigenvalue weighted by atomic mass is 10.0. The van der Waals surface area contributed by atoms with Gasteiger partial charge in [-0.2, -0.15) is 0 Å². The topological polar surface area (TPSA) is 54.9 Å². The van der Waals surface area contributed by atoms with E-state index >= 15 is 0 Å². The molecule has 0 N–H and O–H groups in total. The average Bonchev–Trinajstić information content (AvgIpc) is 3.00. The van der Waals surface area contributed by atoms with E-state index in [0.29, 0.717) is 42.1 Å². The lowest BCUT2D eigenvalue weighted by Gasteiger charge is -2.34. The summed E-state index contributed by atoms with van der Waals surface area (Å²) < 4.78 is 11.9. The highest BCUT2D eigenvalue weighted by atomic mass is 79.9. The van der Waals surface area contributed by atoms with E-state index in [1.165, 1.54) is 16.7 Å². The summed E-state index contributed by atoms with van der Waals surface area (Å²) in [5.74, 6) is 1.64. The van der Waals surface area contributed by atoms with E-state index in [4.69, 9.17) is 21.1 Å². The Labute approximate surface area is 276 Å². The van der Waals surface area contributed by atoms with E-state index in [1.54, 1.807) is 18.3 Å². The first kappa shape index (κ1) is 33.2. The van der Waals surface area contributed by atoms with E-state index in [1.807, 2.05) is 36.9 Å². The van der Waals surface area contributed by atoms with Crippen LogP contribution < -0.4 is 9.47 Å². The Morgan fingerprint density at radius 2 is 1.52 bits per heavy atom. The van der Waals surface area contributed by atoms with Gasteiger partial charge < -0.3 is 14.4 Å². The fraction of sp³-hybridized carbons (Fsp3) is 0.278. The number of piperazine rings is 1. The zero-order chi connectivity index (χ0) is 30.3. The van der Waals surface area contributed by atoms with Crippen LogP contribution in [0.3, 0.4) is 0 Å². The molecule has 0 unspecified atom stereocenters. The SMILES string of the molecule is Br.C/C(=C/C(=O)N1CCN(Cc2ccc(C)cc2)CC1)c1cc(C)c(Oc2ccc(OCc3ccc(C)cc3)cn2)c(Cl)c1. The molecule has 1 aliphatic rings. The number of hydrogen-bond donors (Lipinski definition) is 0. The summed E-state index contributed by atoms with van der Waals surface area (Å²) in [6.45, 7) is 12.6. The van der Waals surface area contributed by atoms with Gasteiger partial charge in [0.15, 0.2) is 5.75 Å². The van der Waals surface area contributed by atoms with Crippen molar-refractivity contribution in [1.29, 1.82) is 0 Å². The van der Waals surface area contributed by atoms with Crippen LogP contribution in [0.2, 0.25) is 5.02 Å². The van der Waals surface area contributed by atoms with Gasteiger partial charge in [-0.25, -0.2) is 4.98 Å². The molecule has 8 heteroatoms. The maximum absolute atomic E-state index is 13.1. The molecule has 44 heavy (non-hydrogen) atoms. The smallest absolute Gasteiger partial charge is 0.246 e. The van der Waals surface area contributed by atoms with Gasteiger partial charge in [-0.3, -0.25) is 9.69 Å². The standard InChI is InChI=1S/C36H38ClN3O3.BrH/c1-25-5-9-29(10-6-25)23-39-15-17-40(18-16-39)35(41)20-27(3)31-19-28(4)36(33(37)21-31)43-34-14-13-32(22-38-34)42-24-30-11-7-26(2)8-12-30;/h5-14,19-22H,15-18,23-24H2,1-4H3;1H/b27-20-;. The number of rotatable bonds is 9. The van der Waals surface area contributed by atoms with Crippen LogP contribution in [0.25, 0.3) is 5.57 Å². The van der Waals surface area contributed by atoms with Crippen LogP contribution in [0, 0.1) is 20.8 Å². The predicted molar refractivity (Wildman–Crippen MR) is 183 cm³/mol. The van der Waals surface area contributed by atoms with Gasteiger partial charge in [0.1, 0.15) is 12.4 Å². The van der Waals surface area contributed by atoms with Gasteiger partial charge in [0.05, 0.1) is 11.2 Å². The Balaban J connectivity index is 0.00000442. The molecule has 6 nitrogen and oxygen atoms in total. The predicted octanol–water partition coefficient (Wildman–Crippen LogP) is 8.36. The normalized spacial score (nSPS) is 13.8. The molecule has 0 aliphatic carbocycles. The molecule has 1 aromatic heterocycles. The van der Waals surface area contributed by atoms with Crippen molar-refractivity contribution >= 4 is 40.1 Å². The monoisotopic (exact) mass is 675 g/mol. The van der Waals surface area contributed by atoms with E-state index in [2.05, 4.69) is 72.3 Å². The molecule has 1 saturated heterocycles. The molecule has 0 radical (unpaired) electrons. The molecule has 1 fully saturated rings. The van der Waals surface area contributed by atoms with Crippen molar-refractivity contribution in [1.82, 2.24) is 14.8 Å². The highest BCUT2D eigenvalue weighted by Crippen LogP contribution is 2.35. The van der Waals surface area contributed by atoms with Crippen molar-refractivity contribution in [2.24, 2.45) is 0 Å². The van der Waals surface area contributed by atoms with Crippen molar-refractivity contribution in [3.63, 3.8) is 0 Å². The van der Waals surface area contributed by atoms with Crippen LogP contribution in [0.5, 0.6) is 17.4 Å². The maximum atomic E-state index is 13.1. The second kappa shape index (κ2) is 15.4. The molecule has 0 bridgehead atoms. The molecule has 230 valence electrons. The van der Waals surface area contributed by atoms with Crippen molar-refractivity contribution in [2.45, 2.75) is 40.8 Å². The van der Waals surface area contributed by atoms with Crippen LogP contribution >= 0.6 is 28.6 Å². The third-order valence-corrected chi connectivity index (χ3v) is 7.96. The first-order chi connectivity index (χ1) is 20.7.